The normalized spacial score (nSPS) is 23.6. The highest BCUT2D eigenvalue weighted by Crippen LogP contribution is 2.34. The van der Waals surface area contributed by atoms with Crippen LogP contribution in [-0.2, 0) is 4.74 Å². The van der Waals surface area contributed by atoms with Gasteiger partial charge >= 0.3 is 0 Å². The molecule has 120 valence electrons. The smallest absolute Gasteiger partial charge is 0.0580 e. The molecule has 0 heterocycles. The third-order valence-electron chi connectivity index (χ3n) is 4.61. The fourth-order valence-corrected chi connectivity index (χ4v) is 3.40. The molecule has 2 nitrogen and oxygen atoms in total. The lowest BCUT2D eigenvalue weighted by Gasteiger charge is -2.37. The Morgan fingerprint density at radius 1 is 1.00 bits per heavy atom. The van der Waals surface area contributed by atoms with Crippen LogP contribution >= 0.6 is 0 Å². The quantitative estimate of drug-likeness (QED) is 0.484. The monoisotopic (exact) mass is 283 g/mol. The van der Waals surface area contributed by atoms with E-state index in [1.807, 2.05) is 0 Å². The van der Waals surface area contributed by atoms with Gasteiger partial charge in [-0.3, -0.25) is 0 Å². The minimum atomic E-state index is 0.571. The fraction of sp³-hybridized carbons (Fsp3) is 1.00. The average molecular weight is 284 g/mol. The number of hydrogen-bond acceptors (Lipinski definition) is 2. The molecular formula is C18H37NO. The first-order chi connectivity index (χ1) is 9.80. The lowest BCUT2D eigenvalue weighted by molar-refractivity contribution is -0.0292. The van der Waals surface area contributed by atoms with Crippen LogP contribution in [-0.4, -0.2) is 25.3 Å². The molecule has 1 aliphatic rings. The van der Waals surface area contributed by atoms with Gasteiger partial charge in [0, 0.05) is 12.6 Å². The van der Waals surface area contributed by atoms with E-state index in [0.29, 0.717) is 6.10 Å². The molecule has 0 bridgehead atoms. The predicted molar refractivity (Wildman–Crippen MR) is 88.2 cm³/mol. The van der Waals surface area contributed by atoms with Crippen molar-refractivity contribution < 1.29 is 4.74 Å². The summed E-state index contributed by atoms with van der Waals surface area (Å²) in [5.74, 6) is 0.913. The van der Waals surface area contributed by atoms with E-state index in [9.17, 15) is 0 Å². The molecule has 0 saturated heterocycles. The van der Waals surface area contributed by atoms with Gasteiger partial charge in [0.1, 0.15) is 0 Å². The Morgan fingerprint density at radius 2 is 1.70 bits per heavy atom. The van der Waals surface area contributed by atoms with Crippen LogP contribution in [0, 0.1) is 5.92 Å². The summed E-state index contributed by atoms with van der Waals surface area (Å²) in [5.41, 5.74) is 0. The first-order valence-corrected chi connectivity index (χ1v) is 9.15. The predicted octanol–water partition coefficient (Wildman–Crippen LogP) is 4.92. The molecule has 0 aliphatic heterocycles. The summed E-state index contributed by atoms with van der Waals surface area (Å²) in [5, 5.41) is 3.69. The molecule has 0 aromatic rings. The van der Waals surface area contributed by atoms with Crippen molar-refractivity contribution in [2.45, 2.75) is 97.1 Å². The molecule has 1 aliphatic carbocycles. The van der Waals surface area contributed by atoms with Crippen LogP contribution in [0.2, 0.25) is 0 Å². The highest BCUT2D eigenvalue weighted by Gasteiger charge is 2.30. The Balaban J connectivity index is 2.05. The minimum absolute atomic E-state index is 0.571. The molecule has 1 N–H and O–H groups in total. The number of hydrogen-bond donors (Lipinski definition) is 1. The van der Waals surface area contributed by atoms with Gasteiger partial charge in [0.05, 0.1) is 6.10 Å². The lowest BCUT2D eigenvalue weighted by Crippen LogP contribution is -2.38. The summed E-state index contributed by atoms with van der Waals surface area (Å²) in [6, 6.07) is 0.749. The van der Waals surface area contributed by atoms with Crippen LogP contribution in [0.3, 0.4) is 0 Å². The third-order valence-corrected chi connectivity index (χ3v) is 4.61. The maximum Gasteiger partial charge on any atom is 0.0580 e. The Kier molecular flexibility index (Phi) is 10.4. The van der Waals surface area contributed by atoms with Crippen molar-refractivity contribution in [1.29, 1.82) is 0 Å². The molecule has 1 atom stereocenters. The number of ether oxygens (including phenoxy) is 1. The second-order valence-electron chi connectivity index (χ2n) is 6.46. The topological polar surface area (TPSA) is 21.3 Å². The highest BCUT2D eigenvalue weighted by molar-refractivity contribution is 4.84. The Hall–Kier alpha value is -0.0800. The maximum atomic E-state index is 5.67. The molecule has 2 heteroatoms. The largest absolute Gasteiger partial charge is 0.378 e. The first-order valence-electron chi connectivity index (χ1n) is 9.15. The van der Waals surface area contributed by atoms with Gasteiger partial charge in [-0.05, 0) is 45.1 Å². The van der Waals surface area contributed by atoms with Gasteiger partial charge in [0.2, 0.25) is 0 Å². The molecule has 0 amide bonds. The molecular weight excluding hydrogens is 246 g/mol. The number of nitrogens with one attached hydrogen (secondary N) is 1. The van der Waals surface area contributed by atoms with E-state index in [0.717, 1.165) is 25.1 Å². The van der Waals surface area contributed by atoms with Gasteiger partial charge < -0.3 is 10.1 Å². The van der Waals surface area contributed by atoms with Gasteiger partial charge in [-0.25, -0.2) is 0 Å². The van der Waals surface area contributed by atoms with E-state index in [1.54, 1.807) is 0 Å². The molecule has 0 aromatic heterocycles. The molecule has 1 rings (SSSR count). The van der Waals surface area contributed by atoms with E-state index in [4.69, 9.17) is 4.74 Å². The summed E-state index contributed by atoms with van der Waals surface area (Å²) in [6.07, 6.45) is 14.4. The third kappa shape index (κ3) is 7.64. The van der Waals surface area contributed by atoms with E-state index in [2.05, 4.69) is 26.1 Å². The van der Waals surface area contributed by atoms with Crippen LogP contribution in [0.4, 0.5) is 0 Å². The van der Waals surface area contributed by atoms with E-state index in [-0.39, 0.29) is 0 Å². The van der Waals surface area contributed by atoms with Crippen LogP contribution in [0.1, 0.15) is 85.0 Å². The zero-order valence-electron chi connectivity index (χ0n) is 14.1. The Morgan fingerprint density at radius 3 is 2.35 bits per heavy atom. The number of unbranched alkanes of at least 4 members (excludes halogenated alkanes) is 5. The van der Waals surface area contributed by atoms with Crippen LogP contribution in [0.5, 0.6) is 0 Å². The summed E-state index contributed by atoms with van der Waals surface area (Å²) in [7, 11) is 0. The summed E-state index contributed by atoms with van der Waals surface area (Å²) < 4.78 is 5.67. The average Bonchev–Trinajstić information content (AvgIpc) is 2.40. The highest BCUT2D eigenvalue weighted by atomic mass is 16.5. The summed E-state index contributed by atoms with van der Waals surface area (Å²) in [6.45, 7) is 8.62. The van der Waals surface area contributed by atoms with Crippen LogP contribution in [0.15, 0.2) is 0 Å². The molecule has 0 aromatic carbocycles. The fourth-order valence-electron chi connectivity index (χ4n) is 3.40. The van der Waals surface area contributed by atoms with Gasteiger partial charge in [0.15, 0.2) is 0 Å². The maximum absolute atomic E-state index is 5.67. The Bertz CT molecular complexity index is 213. The molecule has 20 heavy (non-hydrogen) atoms. The zero-order valence-corrected chi connectivity index (χ0v) is 14.1. The van der Waals surface area contributed by atoms with Gasteiger partial charge in [0.25, 0.3) is 0 Å². The SMILES string of the molecule is CCCCCCCCC(CC1CC(OCC)C1)NCC. The first kappa shape index (κ1) is 18.0. The van der Waals surface area contributed by atoms with E-state index < -0.39 is 0 Å². The zero-order chi connectivity index (χ0) is 14.6. The van der Waals surface area contributed by atoms with E-state index in [1.165, 1.54) is 64.2 Å². The summed E-state index contributed by atoms with van der Waals surface area (Å²) >= 11 is 0. The van der Waals surface area contributed by atoms with Crippen LogP contribution in [0.25, 0.3) is 0 Å². The van der Waals surface area contributed by atoms with E-state index >= 15 is 0 Å². The van der Waals surface area contributed by atoms with Crippen molar-refractivity contribution in [2.75, 3.05) is 13.2 Å². The van der Waals surface area contributed by atoms with Gasteiger partial charge in [-0.15, -0.1) is 0 Å². The van der Waals surface area contributed by atoms with Crippen LogP contribution < -0.4 is 5.32 Å². The van der Waals surface area contributed by atoms with Crippen molar-refractivity contribution in [3.05, 3.63) is 0 Å². The lowest BCUT2D eigenvalue weighted by atomic mass is 9.77. The second kappa shape index (κ2) is 11.6. The molecule has 1 fully saturated rings. The molecule has 1 saturated carbocycles. The molecule has 0 spiro atoms. The van der Waals surface area contributed by atoms with Crippen molar-refractivity contribution in [3.8, 4) is 0 Å². The minimum Gasteiger partial charge on any atom is -0.378 e. The van der Waals surface area contributed by atoms with Crippen molar-refractivity contribution in [3.63, 3.8) is 0 Å². The summed E-state index contributed by atoms with van der Waals surface area (Å²) in [4.78, 5) is 0. The standard InChI is InChI=1S/C18H37NO/c1-4-7-8-9-10-11-12-17(19-5-2)13-16-14-18(15-16)20-6-3/h16-19H,4-15H2,1-3H3. The molecule has 0 radical (unpaired) electrons. The van der Waals surface area contributed by atoms with Crippen molar-refractivity contribution >= 4 is 0 Å². The van der Waals surface area contributed by atoms with Gasteiger partial charge in [-0.1, -0.05) is 52.4 Å². The van der Waals surface area contributed by atoms with Crippen molar-refractivity contribution in [1.82, 2.24) is 5.32 Å². The Labute approximate surface area is 127 Å². The molecule has 1 unspecified atom stereocenters. The van der Waals surface area contributed by atoms with Gasteiger partial charge in [-0.2, -0.15) is 0 Å². The second-order valence-corrected chi connectivity index (χ2v) is 6.46. The van der Waals surface area contributed by atoms with Crippen molar-refractivity contribution in [2.24, 2.45) is 5.92 Å². The number of rotatable bonds is 13.